The average molecular weight is 324 g/mol. The number of rotatable bonds is 10. The summed E-state index contributed by atoms with van der Waals surface area (Å²) in [5.41, 5.74) is 0.340. The van der Waals surface area contributed by atoms with Gasteiger partial charge in [0, 0.05) is 0 Å². The SMILES string of the molecule is O=C(NCCOCCCNB=NP)c1ccc([N+](=O)[O-])cc1. The Morgan fingerprint density at radius 3 is 2.68 bits per heavy atom. The van der Waals surface area contributed by atoms with Crippen molar-refractivity contribution in [3.8, 4) is 0 Å². The van der Waals surface area contributed by atoms with Crippen LogP contribution in [0.15, 0.2) is 28.9 Å². The zero-order chi connectivity index (χ0) is 16.2. The van der Waals surface area contributed by atoms with Crippen molar-refractivity contribution in [2.45, 2.75) is 6.42 Å². The van der Waals surface area contributed by atoms with Crippen LogP contribution in [-0.2, 0) is 4.74 Å². The molecule has 1 rings (SSSR count). The molecule has 0 aliphatic rings. The number of amides is 1. The van der Waals surface area contributed by atoms with Gasteiger partial charge in [0.25, 0.3) is 5.69 Å². The molecule has 1 unspecified atom stereocenters. The van der Waals surface area contributed by atoms with Crippen molar-refractivity contribution in [1.82, 2.24) is 10.5 Å². The second kappa shape index (κ2) is 10.8. The summed E-state index contributed by atoms with van der Waals surface area (Å²) in [7, 11) is 3.82. The van der Waals surface area contributed by atoms with Crippen LogP contribution in [0, 0.1) is 10.1 Å². The summed E-state index contributed by atoms with van der Waals surface area (Å²) in [5, 5.41) is 16.2. The Bertz CT molecular complexity index is 512. The summed E-state index contributed by atoms with van der Waals surface area (Å²) in [4.78, 5) is 21.8. The number of nitro benzene ring substituents is 1. The number of ether oxygens (including phenoxy) is 1. The molecule has 0 bridgehead atoms. The van der Waals surface area contributed by atoms with E-state index >= 15 is 0 Å². The molecule has 0 saturated carbocycles. The third kappa shape index (κ3) is 7.24. The second-order valence-corrected chi connectivity index (χ2v) is 4.56. The molecule has 1 aromatic carbocycles. The van der Waals surface area contributed by atoms with Crippen molar-refractivity contribution in [3.63, 3.8) is 0 Å². The molecule has 0 saturated heterocycles. The molecule has 118 valence electrons. The number of nitrogens with one attached hydrogen (secondary N) is 2. The summed E-state index contributed by atoms with van der Waals surface area (Å²) in [6.07, 6.45) is 0.840. The zero-order valence-corrected chi connectivity index (χ0v) is 13.2. The first-order valence-electron chi connectivity index (χ1n) is 6.70. The predicted octanol–water partition coefficient (Wildman–Crippen LogP) is 0.914. The van der Waals surface area contributed by atoms with Crippen LogP contribution in [0.25, 0.3) is 0 Å². The molecule has 0 aliphatic heterocycles. The van der Waals surface area contributed by atoms with E-state index in [2.05, 4.69) is 24.6 Å². The minimum absolute atomic E-state index is 0.0415. The van der Waals surface area contributed by atoms with Crippen molar-refractivity contribution in [3.05, 3.63) is 39.9 Å². The molecule has 0 heterocycles. The van der Waals surface area contributed by atoms with Gasteiger partial charge < -0.3 is 0 Å². The fourth-order valence-corrected chi connectivity index (χ4v) is 1.67. The van der Waals surface area contributed by atoms with E-state index in [-0.39, 0.29) is 11.6 Å². The number of nitro groups is 1. The van der Waals surface area contributed by atoms with Crippen LogP contribution in [0.3, 0.4) is 0 Å². The van der Waals surface area contributed by atoms with E-state index in [0.717, 1.165) is 13.0 Å². The van der Waals surface area contributed by atoms with E-state index in [1.807, 2.05) is 0 Å². The van der Waals surface area contributed by atoms with E-state index in [1.165, 1.54) is 24.3 Å². The fourth-order valence-electron chi connectivity index (χ4n) is 1.57. The molecule has 0 fully saturated rings. The van der Waals surface area contributed by atoms with Gasteiger partial charge in [0.05, 0.1) is 4.92 Å². The standard InChI is InChI=1S/C12H18BN4O4P/c18-12(10-2-4-11(5-3-10)17(19)20)14-7-9-21-8-1-6-15-13-16-22/h2-5,15H,1,6-9,22H2,(H,14,18). The second-order valence-electron chi connectivity index (χ2n) is 4.26. The van der Waals surface area contributed by atoms with Gasteiger partial charge in [0.2, 0.25) is 0 Å². The third-order valence-electron chi connectivity index (χ3n) is 2.65. The van der Waals surface area contributed by atoms with Crippen molar-refractivity contribution >= 4 is 28.2 Å². The Balaban J connectivity index is 2.14. The van der Waals surface area contributed by atoms with Crippen LogP contribution in [0.2, 0.25) is 0 Å². The number of benzene rings is 1. The van der Waals surface area contributed by atoms with E-state index in [0.29, 0.717) is 25.3 Å². The molecule has 10 heteroatoms. The van der Waals surface area contributed by atoms with Crippen LogP contribution < -0.4 is 10.5 Å². The van der Waals surface area contributed by atoms with Gasteiger partial charge in [0.15, 0.2) is 0 Å². The Hall–Kier alpha value is -1.86. The van der Waals surface area contributed by atoms with E-state index < -0.39 is 4.92 Å². The average Bonchev–Trinajstić information content (AvgIpc) is 2.53. The Labute approximate surface area is 131 Å². The number of hydrogen-bond acceptors (Lipinski definition) is 5. The van der Waals surface area contributed by atoms with Gasteiger partial charge in [-0.3, -0.25) is 10.1 Å². The summed E-state index contributed by atoms with van der Waals surface area (Å²) < 4.78 is 9.06. The first-order chi connectivity index (χ1) is 10.6. The maximum atomic E-state index is 11.8. The van der Waals surface area contributed by atoms with Crippen molar-refractivity contribution in [2.75, 3.05) is 26.3 Å². The molecule has 1 amide bonds. The molecule has 1 aromatic rings. The molecule has 8 nitrogen and oxygen atoms in total. The number of nitrogens with zero attached hydrogens (tertiary/aromatic N) is 2. The van der Waals surface area contributed by atoms with Gasteiger partial charge in [0.1, 0.15) is 0 Å². The minimum atomic E-state index is -0.504. The van der Waals surface area contributed by atoms with Gasteiger partial charge in [-0.2, -0.15) is 0 Å². The van der Waals surface area contributed by atoms with E-state index in [4.69, 9.17) is 4.74 Å². The molecule has 0 radical (unpaired) electrons. The maximum absolute atomic E-state index is 11.8. The number of hydrogen-bond donors (Lipinski definition) is 2. The molecule has 0 aliphatic carbocycles. The predicted molar refractivity (Wildman–Crippen MR) is 86.8 cm³/mol. The zero-order valence-electron chi connectivity index (χ0n) is 12.0. The van der Waals surface area contributed by atoms with Crippen molar-refractivity contribution in [1.29, 1.82) is 0 Å². The number of carbonyl (C=O) groups excluding carboxylic acids is 1. The van der Waals surface area contributed by atoms with Crippen LogP contribution in [0.1, 0.15) is 16.8 Å². The molecule has 22 heavy (non-hydrogen) atoms. The van der Waals surface area contributed by atoms with Crippen molar-refractivity contribution in [2.24, 2.45) is 4.67 Å². The van der Waals surface area contributed by atoms with E-state index in [1.54, 1.807) is 7.21 Å². The normalized spacial score (nSPS) is 10.2. The summed E-state index contributed by atoms with van der Waals surface area (Å²) >= 11 is 0. The van der Waals surface area contributed by atoms with Gasteiger partial charge in [-0.25, -0.2) is 0 Å². The van der Waals surface area contributed by atoms with Crippen LogP contribution >= 0.6 is 9.39 Å². The quantitative estimate of drug-likeness (QED) is 0.219. The Morgan fingerprint density at radius 2 is 2.05 bits per heavy atom. The molecule has 0 aromatic heterocycles. The first kappa shape index (κ1) is 18.2. The van der Waals surface area contributed by atoms with Gasteiger partial charge in [-0.15, -0.1) is 0 Å². The summed E-state index contributed by atoms with van der Waals surface area (Å²) in [6.45, 7) is 2.16. The third-order valence-corrected chi connectivity index (χ3v) is 2.80. The summed E-state index contributed by atoms with van der Waals surface area (Å²) in [6, 6.07) is 5.45. The fraction of sp³-hybridized carbons (Fsp3) is 0.417. The Morgan fingerprint density at radius 1 is 1.32 bits per heavy atom. The molecule has 0 spiro atoms. The molecular formula is C12H18BN4O4P. The molecular weight excluding hydrogens is 306 g/mol. The van der Waals surface area contributed by atoms with Gasteiger partial charge in [-0.05, 0) is 0 Å². The monoisotopic (exact) mass is 324 g/mol. The van der Waals surface area contributed by atoms with E-state index in [9.17, 15) is 14.9 Å². The molecule has 2 N–H and O–H groups in total. The van der Waals surface area contributed by atoms with Crippen LogP contribution in [0.5, 0.6) is 0 Å². The topological polar surface area (TPSA) is 106 Å². The van der Waals surface area contributed by atoms with Crippen molar-refractivity contribution < 1.29 is 14.5 Å². The van der Waals surface area contributed by atoms with Gasteiger partial charge >= 0.3 is 110 Å². The Kier molecular flexibility index (Phi) is 8.94. The number of non-ortho nitro benzene ring substituents is 1. The summed E-state index contributed by atoms with van der Waals surface area (Å²) in [5.74, 6) is -0.281. The number of carbonyl (C=O) groups is 1. The van der Waals surface area contributed by atoms with Crippen LogP contribution in [0.4, 0.5) is 5.69 Å². The molecule has 1 atom stereocenters. The van der Waals surface area contributed by atoms with Gasteiger partial charge in [-0.1, -0.05) is 0 Å². The van der Waals surface area contributed by atoms with Crippen LogP contribution in [-0.4, -0.2) is 44.3 Å². The first-order valence-corrected chi connectivity index (χ1v) is 7.22.